The predicted molar refractivity (Wildman–Crippen MR) is 46.4 cm³/mol. The van der Waals surface area contributed by atoms with E-state index in [1.165, 1.54) is 4.90 Å². The molecule has 0 atom stereocenters. The summed E-state index contributed by atoms with van der Waals surface area (Å²) in [6.07, 6.45) is 0. The number of aromatic nitrogens is 1. The first-order valence-electron chi connectivity index (χ1n) is 3.82. The SMILES string of the molecule is FC1(F)CN(c2cccc(Cl)n2)C1. The zero-order valence-corrected chi connectivity index (χ0v) is 7.43. The predicted octanol–water partition coefficient (Wildman–Crippen LogP) is 2.19. The molecule has 1 aliphatic rings. The summed E-state index contributed by atoms with van der Waals surface area (Å²) < 4.78 is 24.9. The highest BCUT2D eigenvalue weighted by Gasteiger charge is 2.44. The lowest BCUT2D eigenvalue weighted by Gasteiger charge is -2.39. The fourth-order valence-electron chi connectivity index (χ4n) is 1.25. The molecule has 0 radical (unpaired) electrons. The van der Waals surface area contributed by atoms with Gasteiger partial charge in [0.25, 0.3) is 5.92 Å². The van der Waals surface area contributed by atoms with Gasteiger partial charge < -0.3 is 4.90 Å². The molecular weight excluding hydrogens is 198 g/mol. The Morgan fingerprint density at radius 1 is 1.38 bits per heavy atom. The average Bonchev–Trinajstić information content (AvgIpc) is 2.00. The van der Waals surface area contributed by atoms with Crippen molar-refractivity contribution in [3.63, 3.8) is 0 Å². The van der Waals surface area contributed by atoms with Crippen molar-refractivity contribution in [2.75, 3.05) is 18.0 Å². The molecule has 1 aromatic heterocycles. The van der Waals surface area contributed by atoms with Gasteiger partial charge in [-0.05, 0) is 12.1 Å². The molecule has 2 heterocycles. The molecule has 1 saturated heterocycles. The highest BCUT2D eigenvalue weighted by molar-refractivity contribution is 6.29. The number of halogens is 3. The van der Waals surface area contributed by atoms with Crippen LogP contribution in [0.1, 0.15) is 0 Å². The maximum Gasteiger partial charge on any atom is 0.282 e. The Labute approximate surface area is 79.1 Å². The van der Waals surface area contributed by atoms with Gasteiger partial charge >= 0.3 is 0 Å². The van der Waals surface area contributed by atoms with Crippen LogP contribution in [0.15, 0.2) is 18.2 Å². The van der Waals surface area contributed by atoms with Crippen LogP contribution in [0.25, 0.3) is 0 Å². The van der Waals surface area contributed by atoms with Gasteiger partial charge in [-0.2, -0.15) is 0 Å². The molecule has 1 fully saturated rings. The van der Waals surface area contributed by atoms with Gasteiger partial charge in [0, 0.05) is 0 Å². The van der Waals surface area contributed by atoms with Crippen LogP contribution < -0.4 is 4.90 Å². The molecule has 70 valence electrons. The van der Waals surface area contributed by atoms with Crippen LogP contribution in [-0.2, 0) is 0 Å². The van der Waals surface area contributed by atoms with Crippen LogP contribution in [-0.4, -0.2) is 24.0 Å². The van der Waals surface area contributed by atoms with Crippen LogP contribution in [0.5, 0.6) is 0 Å². The summed E-state index contributed by atoms with van der Waals surface area (Å²) in [6.45, 7) is -0.527. The van der Waals surface area contributed by atoms with Crippen LogP contribution in [0.3, 0.4) is 0 Å². The fourth-order valence-corrected chi connectivity index (χ4v) is 1.41. The number of hydrogen-bond acceptors (Lipinski definition) is 2. The average molecular weight is 205 g/mol. The molecule has 0 saturated carbocycles. The van der Waals surface area contributed by atoms with Gasteiger partial charge in [-0.1, -0.05) is 17.7 Å². The van der Waals surface area contributed by atoms with Gasteiger partial charge in [0.2, 0.25) is 0 Å². The molecule has 0 aliphatic carbocycles. The topological polar surface area (TPSA) is 16.1 Å². The molecule has 1 aromatic rings. The van der Waals surface area contributed by atoms with E-state index in [0.29, 0.717) is 11.0 Å². The van der Waals surface area contributed by atoms with E-state index >= 15 is 0 Å². The van der Waals surface area contributed by atoms with Crippen molar-refractivity contribution >= 4 is 17.4 Å². The van der Waals surface area contributed by atoms with Gasteiger partial charge in [-0.3, -0.25) is 0 Å². The van der Waals surface area contributed by atoms with Crippen LogP contribution in [0, 0.1) is 0 Å². The minimum atomic E-state index is -2.57. The first-order chi connectivity index (χ1) is 6.07. The summed E-state index contributed by atoms with van der Waals surface area (Å²) >= 11 is 5.62. The van der Waals surface area contributed by atoms with E-state index in [9.17, 15) is 8.78 Å². The largest absolute Gasteiger partial charge is 0.344 e. The molecule has 0 amide bonds. The van der Waals surface area contributed by atoms with Crippen LogP contribution in [0.4, 0.5) is 14.6 Å². The zero-order chi connectivity index (χ0) is 9.47. The fraction of sp³-hybridized carbons (Fsp3) is 0.375. The van der Waals surface area contributed by atoms with Gasteiger partial charge in [0.1, 0.15) is 11.0 Å². The number of alkyl halides is 2. The highest BCUT2D eigenvalue weighted by atomic mass is 35.5. The van der Waals surface area contributed by atoms with Crippen LogP contribution in [0.2, 0.25) is 5.15 Å². The lowest BCUT2D eigenvalue weighted by Crippen LogP contribution is -2.56. The van der Waals surface area contributed by atoms with Gasteiger partial charge in [0.05, 0.1) is 13.1 Å². The van der Waals surface area contributed by atoms with E-state index in [1.54, 1.807) is 18.2 Å². The molecule has 0 spiro atoms. The first kappa shape index (κ1) is 8.69. The Morgan fingerprint density at radius 2 is 2.08 bits per heavy atom. The molecule has 13 heavy (non-hydrogen) atoms. The molecule has 0 N–H and O–H groups in total. The van der Waals surface area contributed by atoms with Crippen molar-refractivity contribution in [3.05, 3.63) is 23.4 Å². The Morgan fingerprint density at radius 3 is 2.62 bits per heavy atom. The van der Waals surface area contributed by atoms with Crippen LogP contribution >= 0.6 is 11.6 Å². The molecular formula is C8H7ClF2N2. The number of hydrogen-bond donors (Lipinski definition) is 0. The van der Waals surface area contributed by atoms with E-state index in [2.05, 4.69) is 4.98 Å². The third-order valence-corrected chi connectivity index (χ3v) is 2.08. The van der Waals surface area contributed by atoms with Gasteiger partial charge in [-0.15, -0.1) is 0 Å². The summed E-state index contributed by atoms with van der Waals surface area (Å²) in [5.74, 6) is -2.05. The highest BCUT2D eigenvalue weighted by Crippen LogP contribution is 2.30. The Balaban J connectivity index is 2.11. The van der Waals surface area contributed by atoms with Crippen molar-refractivity contribution in [3.8, 4) is 0 Å². The molecule has 5 heteroatoms. The van der Waals surface area contributed by atoms with Crippen molar-refractivity contribution in [2.45, 2.75) is 5.92 Å². The molecule has 2 rings (SSSR count). The second kappa shape index (κ2) is 2.80. The number of nitrogens with zero attached hydrogens (tertiary/aromatic N) is 2. The number of pyridine rings is 1. The summed E-state index contributed by atoms with van der Waals surface area (Å²) in [5.41, 5.74) is 0. The standard InChI is InChI=1S/C8H7ClF2N2/c9-6-2-1-3-7(12-6)13-4-8(10,11)5-13/h1-3H,4-5H2. The monoisotopic (exact) mass is 204 g/mol. The lowest BCUT2D eigenvalue weighted by molar-refractivity contribution is -0.0266. The normalized spacial score (nSPS) is 19.8. The molecule has 2 nitrogen and oxygen atoms in total. The quantitative estimate of drug-likeness (QED) is 0.652. The van der Waals surface area contributed by atoms with E-state index in [-0.39, 0.29) is 13.1 Å². The summed E-state index contributed by atoms with van der Waals surface area (Å²) in [4.78, 5) is 5.41. The Hall–Kier alpha value is -0.900. The van der Waals surface area contributed by atoms with Crippen molar-refractivity contribution in [2.24, 2.45) is 0 Å². The molecule has 0 bridgehead atoms. The van der Waals surface area contributed by atoms with E-state index < -0.39 is 5.92 Å². The first-order valence-corrected chi connectivity index (χ1v) is 4.20. The second-order valence-corrected chi connectivity index (χ2v) is 3.42. The van der Waals surface area contributed by atoms with Crippen molar-refractivity contribution in [1.29, 1.82) is 0 Å². The summed E-state index contributed by atoms with van der Waals surface area (Å²) in [7, 11) is 0. The van der Waals surface area contributed by atoms with Gasteiger partial charge in [-0.25, -0.2) is 13.8 Å². The van der Waals surface area contributed by atoms with Crippen molar-refractivity contribution in [1.82, 2.24) is 4.98 Å². The number of rotatable bonds is 1. The van der Waals surface area contributed by atoms with E-state index in [1.807, 2.05) is 0 Å². The molecule has 0 aromatic carbocycles. The van der Waals surface area contributed by atoms with E-state index in [4.69, 9.17) is 11.6 Å². The third kappa shape index (κ3) is 1.72. The smallest absolute Gasteiger partial charge is 0.282 e. The summed E-state index contributed by atoms with van der Waals surface area (Å²) in [5, 5.41) is 0.327. The van der Waals surface area contributed by atoms with Crippen molar-refractivity contribution < 1.29 is 8.78 Å². The third-order valence-electron chi connectivity index (χ3n) is 1.87. The maximum absolute atomic E-state index is 12.5. The Kier molecular flexibility index (Phi) is 1.87. The Bertz CT molecular complexity index is 322. The minimum Gasteiger partial charge on any atom is -0.344 e. The summed E-state index contributed by atoms with van der Waals surface area (Å²) in [6, 6.07) is 4.98. The molecule has 0 unspecified atom stereocenters. The maximum atomic E-state index is 12.5. The van der Waals surface area contributed by atoms with Gasteiger partial charge in [0.15, 0.2) is 0 Å². The van der Waals surface area contributed by atoms with E-state index in [0.717, 1.165) is 0 Å². The zero-order valence-electron chi connectivity index (χ0n) is 6.67. The second-order valence-electron chi connectivity index (χ2n) is 3.03. The minimum absolute atomic E-state index is 0.264. The number of anilines is 1. The lowest BCUT2D eigenvalue weighted by atomic mass is 10.1. The molecule has 1 aliphatic heterocycles.